The van der Waals surface area contributed by atoms with Gasteiger partial charge in [-0.25, -0.2) is 0 Å². The molecular formula is C48H28N2S2. The van der Waals surface area contributed by atoms with E-state index in [1.165, 1.54) is 108 Å². The van der Waals surface area contributed by atoms with Crippen LogP contribution >= 0.6 is 23.5 Å². The van der Waals surface area contributed by atoms with Crippen molar-refractivity contribution in [2.45, 2.75) is 19.6 Å². The molecule has 10 aromatic rings. The second-order valence-corrected chi connectivity index (χ2v) is 15.9. The summed E-state index contributed by atoms with van der Waals surface area (Å²) in [5.41, 5.74) is 15.1. The molecule has 12 rings (SSSR count). The predicted octanol–water partition coefficient (Wildman–Crippen LogP) is 13.8. The standard InChI is InChI=1S/C48H28N2S2/c1-3-9-29(10-4-1)33-19-23-41-45(27-33)51-43-15-7-13-35-37-25-31(17-21-39(37)49(41)47(35)43)32-18-22-40-38(26-32)36-14-8-16-44-48(36)50(40)42-24-20-34(28-46(42)52-44)30-11-5-2-6-12-30/h1-28H. The topological polar surface area (TPSA) is 9.86 Å². The molecule has 4 heteroatoms. The van der Waals surface area contributed by atoms with Crippen LogP contribution in [0.3, 0.4) is 0 Å². The molecule has 2 nitrogen and oxygen atoms in total. The molecule has 2 aliphatic heterocycles. The van der Waals surface area contributed by atoms with Crippen LogP contribution in [0.15, 0.2) is 189 Å². The monoisotopic (exact) mass is 696 g/mol. The van der Waals surface area contributed by atoms with E-state index < -0.39 is 0 Å². The molecule has 8 aromatic carbocycles. The Balaban J connectivity index is 1.01. The maximum atomic E-state index is 2.48. The van der Waals surface area contributed by atoms with Crippen LogP contribution in [0, 0.1) is 0 Å². The molecule has 0 aliphatic carbocycles. The predicted molar refractivity (Wildman–Crippen MR) is 220 cm³/mol. The zero-order chi connectivity index (χ0) is 33.9. The van der Waals surface area contributed by atoms with Crippen molar-refractivity contribution in [1.82, 2.24) is 9.13 Å². The van der Waals surface area contributed by atoms with E-state index in [2.05, 4.69) is 179 Å². The number of hydrogen-bond acceptors (Lipinski definition) is 2. The van der Waals surface area contributed by atoms with Gasteiger partial charge in [-0.1, -0.05) is 133 Å². The minimum absolute atomic E-state index is 1.24. The summed E-state index contributed by atoms with van der Waals surface area (Å²) in [4.78, 5) is 5.19. The van der Waals surface area contributed by atoms with Gasteiger partial charge in [-0.05, 0) is 94.0 Å². The molecule has 2 aromatic heterocycles. The molecule has 2 aliphatic rings. The first-order valence-corrected chi connectivity index (χ1v) is 19.3. The van der Waals surface area contributed by atoms with E-state index >= 15 is 0 Å². The van der Waals surface area contributed by atoms with Crippen molar-refractivity contribution in [2.75, 3.05) is 0 Å². The summed E-state index contributed by atoms with van der Waals surface area (Å²) >= 11 is 3.77. The Labute approximate surface area is 309 Å². The van der Waals surface area contributed by atoms with Gasteiger partial charge in [0.15, 0.2) is 0 Å². The molecule has 0 amide bonds. The first kappa shape index (κ1) is 28.7. The van der Waals surface area contributed by atoms with Crippen LogP contribution < -0.4 is 0 Å². The minimum Gasteiger partial charge on any atom is -0.307 e. The Morgan fingerprint density at radius 2 is 0.712 bits per heavy atom. The molecule has 242 valence electrons. The number of aromatic nitrogens is 2. The number of rotatable bonds is 3. The van der Waals surface area contributed by atoms with Gasteiger partial charge >= 0.3 is 0 Å². The van der Waals surface area contributed by atoms with Gasteiger partial charge < -0.3 is 9.13 Å². The lowest BCUT2D eigenvalue weighted by atomic mass is 10.0. The Bertz CT molecular complexity index is 2900. The van der Waals surface area contributed by atoms with Crippen molar-refractivity contribution in [3.63, 3.8) is 0 Å². The van der Waals surface area contributed by atoms with Gasteiger partial charge in [-0.15, -0.1) is 0 Å². The van der Waals surface area contributed by atoms with E-state index in [-0.39, 0.29) is 0 Å². The lowest BCUT2D eigenvalue weighted by Gasteiger charge is -2.21. The quantitative estimate of drug-likeness (QED) is 0.182. The summed E-state index contributed by atoms with van der Waals surface area (Å²) in [5.74, 6) is 0. The third-order valence-electron chi connectivity index (χ3n) is 10.9. The van der Waals surface area contributed by atoms with Crippen LogP contribution in [0.1, 0.15) is 0 Å². The normalized spacial score (nSPS) is 12.8. The first-order chi connectivity index (χ1) is 25.8. The van der Waals surface area contributed by atoms with Crippen molar-refractivity contribution in [2.24, 2.45) is 0 Å². The van der Waals surface area contributed by atoms with Crippen molar-refractivity contribution in [3.8, 4) is 44.8 Å². The van der Waals surface area contributed by atoms with Crippen molar-refractivity contribution in [3.05, 3.63) is 170 Å². The summed E-state index contributed by atoms with van der Waals surface area (Å²) in [6.45, 7) is 0. The van der Waals surface area contributed by atoms with Crippen LogP contribution in [0.5, 0.6) is 0 Å². The highest BCUT2D eigenvalue weighted by molar-refractivity contribution is 8.00. The summed E-state index contributed by atoms with van der Waals surface area (Å²) in [6, 6.07) is 62.8. The van der Waals surface area contributed by atoms with Gasteiger partial charge in [0.2, 0.25) is 0 Å². The fraction of sp³-hybridized carbons (Fsp3) is 0. The zero-order valence-corrected chi connectivity index (χ0v) is 29.5. The fourth-order valence-electron chi connectivity index (χ4n) is 8.52. The molecule has 0 saturated carbocycles. The van der Waals surface area contributed by atoms with Gasteiger partial charge in [0.1, 0.15) is 0 Å². The lowest BCUT2D eigenvalue weighted by molar-refractivity contribution is 1.09. The largest absolute Gasteiger partial charge is 0.307 e. The molecule has 0 radical (unpaired) electrons. The lowest BCUT2D eigenvalue weighted by Crippen LogP contribution is -2.01. The van der Waals surface area contributed by atoms with Gasteiger partial charge in [0.05, 0.1) is 33.4 Å². The second kappa shape index (κ2) is 10.8. The SMILES string of the molecule is c1ccc(-c2ccc3c(c2)Sc2cccc4c5cc(-c6ccc7c(c6)c6cccc8c6n7-c6ccc(-c7ccccc7)cc6S8)ccc5n-3c24)cc1. The third kappa shape index (κ3) is 4.05. The third-order valence-corrected chi connectivity index (χ3v) is 13.1. The summed E-state index contributed by atoms with van der Waals surface area (Å²) in [7, 11) is 0. The Kier molecular flexibility index (Phi) is 5.96. The molecule has 0 atom stereocenters. The highest BCUT2D eigenvalue weighted by Gasteiger charge is 2.25. The smallest absolute Gasteiger partial charge is 0.0681 e. The van der Waals surface area contributed by atoms with E-state index in [1.54, 1.807) is 0 Å². The van der Waals surface area contributed by atoms with E-state index in [1.807, 2.05) is 23.5 Å². The molecular weight excluding hydrogens is 669 g/mol. The van der Waals surface area contributed by atoms with E-state index in [9.17, 15) is 0 Å². The van der Waals surface area contributed by atoms with E-state index in [4.69, 9.17) is 0 Å². The summed E-state index contributed by atoms with van der Waals surface area (Å²) in [6.07, 6.45) is 0. The minimum atomic E-state index is 1.24. The van der Waals surface area contributed by atoms with Crippen LogP contribution in [0.4, 0.5) is 0 Å². The number of fused-ring (bicyclic) bond motifs is 10. The molecule has 0 saturated heterocycles. The fourth-order valence-corrected chi connectivity index (χ4v) is 10.8. The van der Waals surface area contributed by atoms with Gasteiger partial charge in [0, 0.05) is 41.1 Å². The van der Waals surface area contributed by atoms with Crippen molar-refractivity contribution in [1.29, 1.82) is 0 Å². The van der Waals surface area contributed by atoms with Crippen LogP contribution in [0.25, 0.3) is 88.4 Å². The van der Waals surface area contributed by atoms with Crippen LogP contribution in [0.2, 0.25) is 0 Å². The molecule has 0 bridgehead atoms. The molecule has 0 fully saturated rings. The van der Waals surface area contributed by atoms with E-state index in [0.717, 1.165) is 0 Å². The molecule has 0 spiro atoms. The van der Waals surface area contributed by atoms with Crippen molar-refractivity contribution < 1.29 is 0 Å². The summed E-state index contributed by atoms with van der Waals surface area (Å²) in [5, 5.41) is 5.18. The molecule has 0 unspecified atom stereocenters. The van der Waals surface area contributed by atoms with Crippen LogP contribution in [-0.4, -0.2) is 9.13 Å². The zero-order valence-electron chi connectivity index (χ0n) is 27.9. The number of hydrogen-bond donors (Lipinski definition) is 0. The Hall–Kier alpha value is -5.94. The van der Waals surface area contributed by atoms with Crippen molar-refractivity contribution >= 4 is 67.1 Å². The van der Waals surface area contributed by atoms with Gasteiger partial charge in [0.25, 0.3) is 0 Å². The van der Waals surface area contributed by atoms with Crippen LogP contribution in [-0.2, 0) is 0 Å². The Morgan fingerprint density at radius 1 is 0.288 bits per heavy atom. The average molecular weight is 697 g/mol. The second-order valence-electron chi connectivity index (χ2n) is 13.7. The van der Waals surface area contributed by atoms with E-state index in [0.29, 0.717) is 0 Å². The number of para-hydroxylation sites is 2. The number of benzene rings is 8. The van der Waals surface area contributed by atoms with Gasteiger partial charge in [-0.3, -0.25) is 0 Å². The highest BCUT2D eigenvalue weighted by atomic mass is 32.2. The maximum absolute atomic E-state index is 2.48. The summed E-state index contributed by atoms with van der Waals surface area (Å²) < 4.78 is 4.97. The maximum Gasteiger partial charge on any atom is 0.0681 e. The molecule has 4 heterocycles. The number of nitrogens with zero attached hydrogens (tertiary/aromatic N) is 2. The molecule has 52 heavy (non-hydrogen) atoms. The average Bonchev–Trinajstić information content (AvgIpc) is 3.73. The Morgan fingerprint density at radius 3 is 1.17 bits per heavy atom. The highest BCUT2D eigenvalue weighted by Crippen LogP contribution is 2.50. The first-order valence-electron chi connectivity index (χ1n) is 17.7. The van der Waals surface area contributed by atoms with Gasteiger partial charge in [-0.2, -0.15) is 0 Å². The molecule has 0 N–H and O–H groups in total.